The van der Waals surface area contributed by atoms with Crippen LogP contribution >= 0.6 is 0 Å². The molecule has 0 aromatic carbocycles. The first kappa shape index (κ1) is 183. The van der Waals surface area contributed by atoms with Crippen molar-refractivity contribution in [2.75, 3.05) is 0 Å². The Labute approximate surface area is 150 Å². The Balaban J connectivity index is 0. The second-order valence-electron chi connectivity index (χ2n) is 0. The Bertz CT molecular complexity index is 25.3. The van der Waals surface area contributed by atoms with Gasteiger partial charge in [-0.2, -0.15) is 0 Å². The van der Waals surface area contributed by atoms with Crippen LogP contribution in [-0.2, 0) is 152 Å². The van der Waals surface area contributed by atoms with E-state index >= 15 is 0 Å². The monoisotopic (exact) mass is 489 g/mol. The van der Waals surface area contributed by atoms with Crippen LogP contribution in [0.2, 0.25) is 0 Å². The molecule has 0 saturated carbocycles. The van der Waals surface area contributed by atoms with Gasteiger partial charge in [-0.25, -0.2) is 0 Å². The zero-order valence-corrected chi connectivity index (χ0v) is 13.2. The van der Waals surface area contributed by atoms with Crippen molar-refractivity contribution >= 4 is 0 Å². The molecule has 11 heavy (non-hydrogen) atoms. The maximum atomic E-state index is 0. The summed E-state index contributed by atoms with van der Waals surface area (Å²) in [6.45, 7) is 0. The second kappa shape index (κ2) is 147. The molecule has 0 unspecified atom stereocenters. The van der Waals surface area contributed by atoms with Crippen LogP contribution in [0.3, 0.4) is 0 Å². The summed E-state index contributed by atoms with van der Waals surface area (Å²) in [7, 11) is 0. The third kappa shape index (κ3) is 126. The quantitative estimate of drug-likeness (QED) is 0.415. The molecule has 0 aliphatic carbocycles. The van der Waals surface area contributed by atoms with E-state index in [4.69, 9.17) is 0 Å². The molecule has 0 aromatic rings. The van der Waals surface area contributed by atoms with Crippen molar-refractivity contribution in [1.29, 1.82) is 0 Å². The fraction of sp³-hybridized carbons (Fsp3) is 0. The molecule has 0 aromatic heterocycles. The first-order valence-corrected chi connectivity index (χ1v) is 0. The van der Waals surface area contributed by atoms with Gasteiger partial charge in [-0.3, -0.25) is 0 Å². The van der Waals surface area contributed by atoms with Crippen molar-refractivity contribution in [1.82, 2.24) is 0 Å². The van der Waals surface area contributed by atoms with Gasteiger partial charge in [-0.15, -0.1) is 0 Å². The van der Waals surface area contributed by atoms with E-state index in [0.717, 1.165) is 0 Å². The van der Waals surface area contributed by atoms with Crippen molar-refractivity contribution in [2.45, 2.75) is 0 Å². The average molecular weight is 491 g/mol. The van der Waals surface area contributed by atoms with Crippen LogP contribution in [0.4, 0.5) is 0 Å². The minimum atomic E-state index is 0. The normalized spacial score (nSPS) is 0. The minimum Gasteiger partial charge on any atom is -2.00 e. The van der Waals surface area contributed by atoms with Crippen LogP contribution in [0, 0.1) is 0 Å². The van der Waals surface area contributed by atoms with Crippen molar-refractivity contribution in [3.8, 4) is 0 Å². The van der Waals surface area contributed by atoms with Crippen LogP contribution in [-0.4, -0.2) is 0 Å². The number of hydrogen-bond donors (Lipinski definition) is 0. The Morgan fingerprint density at radius 1 is 0.455 bits per heavy atom. The molecule has 0 atom stereocenters. The van der Waals surface area contributed by atoms with Gasteiger partial charge in [0.05, 0.1) is 0 Å². The average Bonchev–Trinajstić information content (AvgIpc) is 0. The summed E-state index contributed by atoms with van der Waals surface area (Å²) in [4.78, 5) is 0. The predicted molar refractivity (Wildman–Crippen MR) is 2.06 cm³/mol. The van der Waals surface area contributed by atoms with E-state index in [1.807, 2.05) is 0 Å². The van der Waals surface area contributed by atoms with Gasteiger partial charge < -0.3 is 16.4 Å². The van der Waals surface area contributed by atoms with Crippen LogP contribution in [0.25, 0.3) is 0 Å². The summed E-state index contributed by atoms with van der Waals surface area (Å²) in [5.41, 5.74) is 0. The number of hydrogen-bond acceptors (Lipinski definition) is 0. The predicted octanol–water partition coefficient (Wildman–Crippen LogP) is -0.376. The fourth-order valence-electron chi connectivity index (χ4n) is 0. The molecular formula is Cr2Fe2Mn2Ni2O3. The second-order valence-corrected chi connectivity index (χ2v) is 0. The molecule has 0 saturated heterocycles. The van der Waals surface area contributed by atoms with Crippen molar-refractivity contribution in [2.24, 2.45) is 0 Å². The van der Waals surface area contributed by atoms with Crippen LogP contribution in [0.1, 0.15) is 0 Å². The van der Waals surface area contributed by atoms with E-state index in [2.05, 4.69) is 0 Å². The third-order valence-electron chi connectivity index (χ3n) is 0. The molecule has 0 aliphatic rings. The van der Waals surface area contributed by atoms with Crippen LogP contribution < -0.4 is 0 Å². The van der Waals surface area contributed by atoms with Crippen LogP contribution in [0.15, 0.2) is 0 Å². The molecule has 0 heterocycles. The van der Waals surface area contributed by atoms with Gasteiger partial charge in [0.2, 0.25) is 0 Å². The molecule has 0 N–H and O–H groups in total. The Kier molecular flexibility index (Phi) is 2460. The fourth-order valence-corrected chi connectivity index (χ4v) is 0. The molecule has 11 heteroatoms. The van der Waals surface area contributed by atoms with Crippen molar-refractivity contribution in [3.05, 3.63) is 0 Å². The van der Waals surface area contributed by atoms with E-state index in [-0.39, 0.29) is 152 Å². The van der Waals surface area contributed by atoms with Crippen LogP contribution in [0.5, 0.6) is 0 Å². The Morgan fingerprint density at radius 3 is 0.455 bits per heavy atom. The standard InChI is InChI=1S/2Cr.2Fe.2Mn.2Ni.3O/q;;2*+3;;;;;3*-2. The molecule has 0 rings (SSSR count). The summed E-state index contributed by atoms with van der Waals surface area (Å²) in [5, 5.41) is 0. The first-order valence-electron chi connectivity index (χ1n) is 0. The molecule has 4 radical (unpaired) electrons. The zero-order chi connectivity index (χ0) is 0. The SMILES string of the molecule is [Cr].[Cr].[Fe+3].[Fe+3].[Mn].[Mn].[Ni].[Ni].[O-2].[O-2].[O-2]. The molecule has 0 amide bonds. The number of rotatable bonds is 0. The minimum absolute atomic E-state index is 0. The van der Waals surface area contributed by atoms with E-state index in [1.54, 1.807) is 0 Å². The summed E-state index contributed by atoms with van der Waals surface area (Å²) in [6, 6.07) is 0. The van der Waals surface area contributed by atoms with Gasteiger partial charge in [0, 0.05) is 102 Å². The molecule has 80 valence electrons. The van der Waals surface area contributed by atoms with Crippen molar-refractivity contribution in [3.63, 3.8) is 0 Å². The van der Waals surface area contributed by atoms with E-state index < -0.39 is 0 Å². The Morgan fingerprint density at radius 2 is 0.455 bits per heavy atom. The van der Waals surface area contributed by atoms with Gasteiger partial charge >= 0.3 is 34.1 Å². The van der Waals surface area contributed by atoms with Gasteiger partial charge in [-0.05, 0) is 0 Å². The Hall–Kier alpha value is 4.01. The summed E-state index contributed by atoms with van der Waals surface area (Å²) in [6.07, 6.45) is 0. The largest absolute Gasteiger partial charge is 3.00 e. The summed E-state index contributed by atoms with van der Waals surface area (Å²) < 4.78 is 0. The van der Waals surface area contributed by atoms with E-state index in [9.17, 15) is 0 Å². The summed E-state index contributed by atoms with van der Waals surface area (Å²) in [5.74, 6) is 0. The maximum Gasteiger partial charge on any atom is 3.00 e. The zero-order valence-electron chi connectivity index (χ0n) is 4.14. The van der Waals surface area contributed by atoms with E-state index in [0.29, 0.717) is 0 Å². The molecule has 0 bridgehead atoms. The van der Waals surface area contributed by atoms with Gasteiger partial charge in [-0.1, -0.05) is 0 Å². The topological polar surface area (TPSA) is 85.5 Å². The van der Waals surface area contributed by atoms with E-state index in [1.165, 1.54) is 0 Å². The molecule has 0 fully saturated rings. The van der Waals surface area contributed by atoms with Crippen molar-refractivity contribution < 1.29 is 152 Å². The molecule has 0 aliphatic heterocycles. The summed E-state index contributed by atoms with van der Waals surface area (Å²) >= 11 is 0. The molecular weight excluding hydrogens is 491 g/mol. The van der Waals surface area contributed by atoms with Gasteiger partial charge in [0.1, 0.15) is 0 Å². The first-order chi connectivity index (χ1) is 0. The molecule has 0 spiro atoms. The van der Waals surface area contributed by atoms with Gasteiger partial charge in [0.25, 0.3) is 0 Å². The molecule has 3 nitrogen and oxygen atoms in total. The third-order valence-corrected chi connectivity index (χ3v) is 0. The smallest absolute Gasteiger partial charge is 2.00 e. The maximum absolute atomic E-state index is 0. The van der Waals surface area contributed by atoms with Gasteiger partial charge in [0.15, 0.2) is 0 Å².